The van der Waals surface area contributed by atoms with Gasteiger partial charge in [-0.3, -0.25) is 14.5 Å². The number of anilines is 1. The van der Waals surface area contributed by atoms with Gasteiger partial charge in [0.15, 0.2) is 11.5 Å². The van der Waals surface area contributed by atoms with Crippen LogP contribution in [0.4, 0.5) is 5.69 Å². The number of ether oxygens (including phenoxy) is 3. The number of fused-ring (bicyclic) bond motifs is 1. The molecule has 2 amide bonds. The van der Waals surface area contributed by atoms with Crippen molar-refractivity contribution >= 4 is 28.4 Å². The molecule has 0 spiro atoms. The van der Waals surface area contributed by atoms with E-state index >= 15 is 0 Å². The van der Waals surface area contributed by atoms with Crippen LogP contribution in [0.1, 0.15) is 10.5 Å². The van der Waals surface area contributed by atoms with Crippen LogP contribution in [0, 0.1) is 0 Å². The van der Waals surface area contributed by atoms with Gasteiger partial charge in [0, 0.05) is 43.3 Å². The first-order valence-electron chi connectivity index (χ1n) is 10.7. The highest BCUT2D eigenvalue weighted by molar-refractivity contribution is 6.02. The summed E-state index contributed by atoms with van der Waals surface area (Å²) in [7, 11) is 4.68. The third-order valence-corrected chi connectivity index (χ3v) is 5.75. The van der Waals surface area contributed by atoms with Crippen LogP contribution in [0.3, 0.4) is 0 Å². The van der Waals surface area contributed by atoms with Crippen LogP contribution < -0.4 is 19.5 Å². The SMILES string of the molecule is COc1cc(OC)c2cc(C(=O)N3CCN(CC(=O)Nc4ccccc4)CC3)[nH]c2c1OC. The predicted molar refractivity (Wildman–Crippen MR) is 125 cm³/mol. The van der Waals surface area contributed by atoms with Crippen molar-refractivity contribution in [3.63, 3.8) is 0 Å². The number of carbonyl (C=O) groups is 2. The zero-order chi connectivity index (χ0) is 23.4. The summed E-state index contributed by atoms with van der Waals surface area (Å²) in [5.74, 6) is 1.45. The third-order valence-electron chi connectivity index (χ3n) is 5.75. The Kier molecular flexibility index (Phi) is 6.69. The van der Waals surface area contributed by atoms with Gasteiger partial charge in [0.05, 0.1) is 33.4 Å². The standard InChI is InChI=1S/C24H28N4O5/c1-31-19-14-20(32-2)23(33-3)22-17(19)13-18(26-22)24(30)28-11-9-27(10-12-28)15-21(29)25-16-7-5-4-6-8-16/h4-8,13-14,26H,9-12,15H2,1-3H3,(H,25,29). The van der Waals surface area contributed by atoms with E-state index in [1.165, 1.54) is 0 Å². The first-order valence-corrected chi connectivity index (χ1v) is 10.7. The highest BCUT2D eigenvalue weighted by atomic mass is 16.5. The maximum atomic E-state index is 13.2. The maximum Gasteiger partial charge on any atom is 0.270 e. The average Bonchev–Trinajstić information content (AvgIpc) is 3.29. The first kappa shape index (κ1) is 22.5. The molecule has 1 aromatic heterocycles. The van der Waals surface area contributed by atoms with Gasteiger partial charge < -0.3 is 29.4 Å². The summed E-state index contributed by atoms with van der Waals surface area (Å²) in [4.78, 5) is 32.5. The van der Waals surface area contributed by atoms with Gasteiger partial charge in [-0.05, 0) is 18.2 Å². The Hall–Kier alpha value is -3.72. The van der Waals surface area contributed by atoms with Crippen molar-refractivity contribution in [1.29, 1.82) is 0 Å². The number of rotatable bonds is 7. The number of H-pyrrole nitrogens is 1. The van der Waals surface area contributed by atoms with Crippen LogP contribution in [-0.2, 0) is 4.79 Å². The Morgan fingerprint density at radius 1 is 0.939 bits per heavy atom. The van der Waals surface area contributed by atoms with Gasteiger partial charge in [-0.25, -0.2) is 0 Å². The zero-order valence-corrected chi connectivity index (χ0v) is 19.0. The fourth-order valence-corrected chi connectivity index (χ4v) is 4.06. The molecule has 2 heterocycles. The molecule has 1 aliphatic rings. The van der Waals surface area contributed by atoms with Crippen molar-refractivity contribution in [2.45, 2.75) is 0 Å². The van der Waals surface area contributed by atoms with E-state index in [0.717, 1.165) is 11.1 Å². The van der Waals surface area contributed by atoms with Crippen molar-refractivity contribution in [3.05, 3.63) is 48.2 Å². The number of aromatic amines is 1. The summed E-state index contributed by atoms with van der Waals surface area (Å²) in [6.07, 6.45) is 0. The van der Waals surface area contributed by atoms with Crippen LogP contribution in [-0.4, -0.2) is 80.7 Å². The number of amides is 2. The highest BCUT2D eigenvalue weighted by Crippen LogP contribution is 2.41. The number of hydrogen-bond acceptors (Lipinski definition) is 6. The second kappa shape index (κ2) is 9.83. The van der Waals surface area contributed by atoms with Crippen molar-refractivity contribution in [2.75, 3.05) is 59.4 Å². The van der Waals surface area contributed by atoms with E-state index in [1.807, 2.05) is 35.2 Å². The first-order chi connectivity index (χ1) is 16.0. The van der Waals surface area contributed by atoms with Crippen LogP contribution >= 0.6 is 0 Å². The number of carbonyl (C=O) groups excluding carboxylic acids is 2. The van der Waals surface area contributed by atoms with Crippen LogP contribution in [0.2, 0.25) is 0 Å². The van der Waals surface area contributed by atoms with Crippen LogP contribution in [0.5, 0.6) is 17.2 Å². The molecular weight excluding hydrogens is 424 g/mol. The van der Waals surface area contributed by atoms with Crippen molar-refractivity contribution in [3.8, 4) is 17.2 Å². The van der Waals surface area contributed by atoms with Crippen LogP contribution in [0.15, 0.2) is 42.5 Å². The molecule has 1 aliphatic heterocycles. The molecule has 2 N–H and O–H groups in total. The lowest BCUT2D eigenvalue weighted by Gasteiger charge is -2.34. The topological polar surface area (TPSA) is 96.1 Å². The number of nitrogens with one attached hydrogen (secondary N) is 2. The summed E-state index contributed by atoms with van der Waals surface area (Å²) in [6, 6.07) is 12.9. The van der Waals surface area contributed by atoms with Gasteiger partial charge in [0.25, 0.3) is 5.91 Å². The second-order valence-electron chi connectivity index (χ2n) is 7.77. The molecule has 0 bridgehead atoms. The number of methoxy groups -OCH3 is 3. The molecule has 3 aromatic rings. The number of aromatic nitrogens is 1. The smallest absolute Gasteiger partial charge is 0.270 e. The largest absolute Gasteiger partial charge is 0.496 e. The van der Waals surface area contributed by atoms with Crippen molar-refractivity contribution in [2.24, 2.45) is 0 Å². The summed E-state index contributed by atoms with van der Waals surface area (Å²) in [6.45, 7) is 2.59. The molecule has 174 valence electrons. The van der Waals surface area contributed by atoms with Crippen molar-refractivity contribution < 1.29 is 23.8 Å². The minimum atomic E-state index is -0.109. The number of piperazine rings is 1. The molecule has 4 rings (SSSR count). The van der Waals surface area contributed by atoms with Gasteiger partial charge in [0.1, 0.15) is 11.4 Å². The normalized spacial score (nSPS) is 14.2. The Morgan fingerprint density at radius 2 is 1.64 bits per heavy atom. The molecule has 1 saturated heterocycles. The van der Waals surface area contributed by atoms with Gasteiger partial charge in [-0.1, -0.05) is 18.2 Å². The molecule has 9 nitrogen and oxygen atoms in total. The molecular formula is C24H28N4O5. The second-order valence-corrected chi connectivity index (χ2v) is 7.77. The number of nitrogens with zero attached hydrogens (tertiary/aromatic N) is 2. The molecule has 2 aromatic carbocycles. The van der Waals surface area contributed by atoms with Gasteiger partial charge in [0.2, 0.25) is 5.91 Å². The molecule has 0 unspecified atom stereocenters. The number of benzene rings is 2. The summed E-state index contributed by atoms with van der Waals surface area (Å²) in [5.41, 5.74) is 1.87. The van der Waals surface area contributed by atoms with E-state index in [-0.39, 0.29) is 18.4 Å². The Bertz CT molecular complexity index is 1140. The van der Waals surface area contributed by atoms with Crippen molar-refractivity contribution in [1.82, 2.24) is 14.8 Å². The predicted octanol–water partition coefficient (Wildman–Crippen LogP) is 2.59. The third kappa shape index (κ3) is 4.73. The fraction of sp³-hybridized carbons (Fsp3) is 0.333. The summed E-state index contributed by atoms with van der Waals surface area (Å²) in [5, 5.41) is 3.64. The number of hydrogen-bond donors (Lipinski definition) is 2. The molecule has 0 aliphatic carbocycles. The minimum absolute atomic E-state index is 0.0651. The Labute approximate surface area is 192 Å². The summed E-state index contributed by atoms with van der Waals surface area (Å²) < 4.78 is 16.4. The maximum absolute atomic E-state index is 13.2. The molecule has 1 fully saturated rings. The average molecular weight is 453 g/mol. The Balaban J connectivity index is 1.42. The lowest BCUT2D eigenvalue weighted by molar-refractivity contribution is -0.117. The summed E-state index contributed by atoms with van der Waals surface area (Å²) >= 11 is 0. The van der Waals surface area contributed by atoms with E-state index in [4.69, 9.17) is 14.2 Å². The highest BCUT2D eigenvalue weighted by Gasteiger charge is 2.26. The van der Waals surface area contributed by atoms with Crippen LogP contribution in [0.25, 0.3) is 10.9 Å². The molecule has 9 heteroatoms. The van der Waals surface area contributed by atoms with Gasteiger partial charge in [-0.15, -0.1) is 0 Å². The molecule has 0 saturated carbocycles. The molecule has 33 heavy (non-hydrogen) atoms. The van der Waals surface area contributed by atoms with E-state index < -0.39 is 0 Å². The minimum Gasteiger partial charge on any atom is -0.496 e. The molecule has 0 radical (unpaired) electrons. The quantitative estimate of drug-likeness (QED) is 0.572. The van der Waals surface area contributed by atoms with E-state index in [2.05, 4.69) is 10.3 Å². The monoisotopic (exact) mass is 452 g/mol. The lowest BCUT2D eigenvalue weighted by Crippen LogP contribution is -2.50. The number of para-hydroxylation sites is 1. The van der Waals surface area contributed by atoms with E-state index in [1.54, 1.807) is 38.4 Å². The van der Waals surface area contributed by atoms with E-state index in [9.17, 15) is 9.59 Å². The Morgan fingerprint density at radius 3 is 2.27 bits per heavy atom. The fourth-order valence-electron chi connectivity index (χ4n) is 4.06. The van der Waals surface area contributed by atoms with E-state index in [0.29, 0.717) is 54.6 Å². The zero-order valence-electron chi connectivity index (χ0n) is 19.0. The van der Waals surface area contributed by atoms with Gasteiger partial charge in [-0.2, -0.15) is 0 Å². The lowest BCUT2D eigenvalue weighted by atomic mass is 10.2. The van der Waals surface area contributed by atoms with Gasteiger partial charge >= 0.3 is 0 Å². The molecule has 0 atom stereocenters.